The maximum absolute atomic E-state index is 14.5. The van der Waals surface area contributed by atoms with Crippen molar-refractivity contribution in [2.75, 3.05) is 19.1 Å². The number of allylic oxidation sites excluding steroid dienone is 2. The summed E-state index contributed by atoms with van der Waals surface area (Å²) in [5.74, 6) is -6.78. The number of alkyl halides is 2. The van der Waals surface area contributed by atoms with Crippen LogP contribution in [0.1, 0.15) is 29.9 Å². The molecule has 2 aliphatic carbocycles. The van der Waals surface area contributed by atoms with E-state index in [4.69, 9.17) is 32.7 Å². The largest absolute Gasteiger partial charge is 0.507 e. The number of amides is 4. The number of hydrogen-bond acceptors (Lipinski definition) is 7. The summed E-state index contributed by atoms with van der Waals surface area (Å²) >= 11 is 14.8. The smallest absolute Gasteiger partial charge is 0.258 e. The van der Waals surface area contributed by atoms with Crippen LogP contribution in [0.2, 0.25) is 0 Å². The van der Waals surface area contributed by atoms with Gasteiger partial charge >= 0.3 is 0 Å². The van der Waals surface area contributed by atoms with E-state index in [0.29, 0.717) is 5.57 Å². The zero-order chi connectivity index (χ0) is 33.4. The average molecular weight is 680 g/mol. The Labute approximate surface area is 279 Å². The van der Waals surface area contributed by atoms with Crippen molar-refractivity contribution in [2.45, 2.75) is 35.1 Å². The molecule has 0 unspecified atom stereocenters. The molecule has 0 radical (unpaired) electrons. The predicted molar refractivity (Wildman–Crippen MR) is 170 cm³/mol. The molecule has 12 heteroatoms. The molecule has 1 saturated carbocycles. The summed E-state index contributed by atoms with van der Waals surface area (Å²) in [6.45, 7) is 0.0747. The highest BCUT2D eigenvalue weighted by Gasteiger charge is 2.77. The van der Waals surface area contributed by atoms with Gasteiger partial charge in [-0.25, -0.2) is 9.29 Å². The molecule has 242 valence electrons. The minimum absolute atomic E-state index is 0.0523. The van der Waals surface area contributed by atoms with Crippen LogP contribution in [0.25, 0.3) is 0 Å². The van der Waals surface area contributed by atoms with Gasteiger partial charge in [0.1, 0.15) is 23.1 Å². The van der Waals surface area contributed by atoms with E-state index in [1.165, 1.54) is 43.4 Å². The summed E-state index contributed by atoms with van der Waals surface area (Å²) in [5, 5.41) is 11.5. The molecule has 3 aromatic carbocycles. The zero-order valence-corrected chi connectivity index (χ0v) is 26.8. The Kier molecular flexibility index (Phi) is 7.37. The average Bonchev–Trinajstić information content (AvgIpc) is 3.39. The van der Waals surface area contributed by atoms with Crippen molar-refractivity contribution in [1.29, 1.82) is 0 Å². The van der Waals surface area contributed by atoms with Crippen molar-refractivity contribution in [1.82, 2.24) is 4.90 Å². The molecule has 4 aliphatic rings. The summed E-state index contributed by atoms with van der Waals surface area (Å²) in [6.07, 6.45) is 1.69. The molecule has 2 saturated heterocycles. The van der Waals surface area contributed by atoms with Crippen LogP contribution in [-0.4, -0.2) is 57.6 Å². The Hall–Kier alpha value is -4.41. The van der Waals surface area contributed by atoms with Gasteiger partial charge in [0, 0.05) is 23.6 Å². The monoisotopic (exact) mass is 678 g/mol. The Morgan fingerprint density at radius 2 is 1.62 bits per heavy atom. The number of carbonyl (C=O) groups excluding carboxylic acids is 4. The van der Waals surface area contributed by atoms with Crippen LogP contribution in [0, 0.1) is 23.6 Å². The van der Waals surface area contributed by atoms with Crippen molar-refractivity contribution in [3.8, 4) is 17.2 Å². The summed E-state index contributed by atoms with van der Waals surface area (Å²) in [5.41, 5.74) is 1.39. The molecular formula is C35H29Cl2FN2O7. The fourth-order valence-corrected chi connectivity index (χ4v) is 8.79. The number of phenolic OH excluding ortho intramolecular Hbond substituents is 1. The maximum Gasteiger partial charge on any atom is 0.258 e. The standard InChI is InChI=1S/C35H29Cl2FN2O7/c1-46-21-14-25(41)28(26(15-21)47-2)29-22-12-13-23-27(31(43)39(30(23)42)17-18-6-4-3-5-7-18)24(22)16-34(36)32(44)40(33(45)35(29,34)37)20-10-8-19(38)9-11-20/h3-12,14-15,23-24,27,29,41H,13,16-17H2,1-2H3/t23-,24+,27-,29+,34+,35-/m0/s1. The van der Waals surface area contributed by atoms with Gasteiger partial charge in [-0.15, -0.1) is 23.2 Å². The molecule has 2 aliphatic heterocycles. The number of ether oxygens (including phenoxy) is 2. The normalized spacial score (nSPS) is 29.8. The van der Waals surface area contributed by atoms with Gasteiger partial charge in [-0.05, 0) is 48.6 Å². The number of hydrogen-bond donors (Lipinski definition) is 1. The van der Waals surface area contributed by atoms with Crippen molar-refractivity contribution in [3.05, 3.63) is 95.3 Å². The minimum atomic E-state index is -2.23. The van der Waals surface area contributed by atoms with Gasteiger partial charge in [-0.3, -0.25) is 24.1 Å². The number of carbonyl (C=O) groups is 4. The fourth-order valence-electron chi connectivity index (χ4n) is 7.87. The molecule has 1 N–H and O–H groups in total. The molecule has 6 atom stereocenters. The van der Waals surface area contributed by atoms with Gasteiger partial charge in [-0.2, -0.15) is 0 Å². The first-order chi connectivity index (χ1) is 22.5. The van der Waals surface area contributed by atoms with Gasteiger partial charge in [-0.1, -0.05) is 42.0 Å². The summed E-state index contributed by atoms with van der Waals surface area (Å²) < 4.78 is 24.9. The van der Waals surface area contributed by atoms with Crippen LogP contribution in [0.3, 0.4) is 0 Å². The highest BCUT2D eigenvalue weighted by molar-refractivity contribution is 6.58. The maximum atomic E-state index is 14.5. The molecule has 4 amide bonds. The third kappa shape index (κ3) is 4.34. The second-order valence-corrected chi connectivity index (χ2v) is 13.5. The van der Waals surface area contributed by atoms with Crippen molar-refractivity contribution >= 4 is 52.5 Å². The predicted octanol–water partition coefficient (Wildman–Crippen LogP) is 5.31. The molecular weight excluding hydrogens is 650 g/mol. The number of imide groups is 2. The number of nitrogens with zero attached hydrogens (tertiary/aromatic N) is 2. The molecule has 0 spiro atoms. The van der Waals surface area contributed by atoms with Gasteiger partial charge in [0.2, 0.25) is 11.8 Å². The lowest BCUT2D eigenvalue weighted by Gasteiger charge is -2.50. The van der Waals surface area contributed by atoms with Gasteiger partial charge < -0.3 is 14.6 Å². The van der Waals surface area contributed by atoms with E-state index >= 15 is 0 Å². The number of phenols is 1. The molecule has 3 aromatic rings. The van der Waals surface area contributed by atoms with E-state index < -0.39 is 57.0 Å². The van der Waals surface area contributed by atoms with Crippen molar-refractivity contribution in [3.63, 3.8) is 0 Å². The van der Waals surface area contributed by atoms with E-state index in [1.54, 1.807) is 6.08 Å². The Bertz CT molecular complexity index is 1870. The number of fused-ring (bicyclic) bond motifs is 4. The number of methoxy groups -OCH3 is 2. The number of anilines is 1. The first-order valence-electron chi connectivity index (χ1n) is 15.0. The van der Waals surface area contributed by atoms with Gasteiger partial charge in [0.25, 0.3) is 11.8 Å². The summed E-state index contributed by atoms with van der Waals surface area (Å²) in [4.78, 5) is 54.5. The number of rotatable bonds is 6. The molecule has 0 aromatic heterocycles. The Morgan fingerprint density at radius 1 is 0.915 bits per heavy atom. The lowest BCUT2D eigenvalue weighted by Crippen LogP contribution is -2.60. The molecule has 3 fully saturated rings. The van der Waals surface area contributed by atoms with Crippen LogP contribution in [0.4, 0.5) is 10.1 Å². The van der Waals surface area contributed by atoms with E-state index in [1.807, 2.05) is 30.3 Å². The van der Waals surface area contributed by atoms with Gasteiger partial charge in [0.05, 0.1) is 38.3 Å². The summed E-state index contributed by atoms with van der Waals surface area (Å²) in [6, 6.07) is 16.7. The van der Waals surface area contributed by atoms with E-state index in [-0.39, 0.29) is 53.8 Å². The quantitative estimate of drug-likeness (QED) is 0.214. The molecule has 0 bridgehead atoms. The number of halogens is 3. The van der Waals surface area contributed by atoms with Crippen LogP contribution >= 0.6 is 23.2 Å². The van der Waals surface area contributed by atoms with E-state index in [0.717, 1.165) is 22.6 Å². The van der Waals surface area contributed by atoms with Crippen LogP contribution in [0.15, 0.2) is 78.4 Å². The number of aromatic hydroxyl groups is 1. The number of benzene rings is 3. The second-order valence-electron chi connectivity index (χ2n) is 12.3. The number of likely N-dealkylation sites (tertiary alicyclic amines) is 1. The first kappa shape index (κ1) is 31.2. The van der Waals surface area contributed by atoms with E-state index in [9.17, 15) is 28.7 Å². The first-order valence-corrected chi connectivity index (χ1v) is 15.8. The van der Waals surface area contributed by atoms with Crippen molar-refractivity contribution in [2.24, 2.45) is 17.8 Å². The molecule has 2 heterocycles. The van der Waals surface area contributed by atoms with Crippen LogP contribution in [0.5, 0.6) is 17.2 Å². The molecule has 7 rings (SSSR count). The lowest BCUT2D eigenvalue weighted by molar-refractivity contribution is -0.141. The molecule has 47 heavy (non-hydrogen) atoms. The third-order valence-electron chi connectivity index (χ3n) is 10.0. The van der Waals surface area contributed by atoms with E-state index in [2.05, 4.69) is 0 Å². The highest BCUT2D eigenvalue weighted by atomic mass is 35.5. The summed E-state index contributed by atoms with van der Waals surface area (Å²) in [7, 11) is 2.77. The second kappa shape index (κ2) is 11.1. The lowest BCUT2D eigenvalue weighted by atomic mass is 9.56. The van der Waals surface area contributed by atoms with Crippen molar-refractivity contribution < 1.29 is 38.1 Å². The third-order valence-corrected chi connectivity index (χ3v) is 11.4. The minimum Gasteiger partial charge on any atom is -0.507 e. The fraction of sp³-hybridized carbons (Fsp3) is 0.314. The Balaban J connectivity index is 1.41. The van der Waals surface area contributed by atoms with Crippen LogP contribution < -0.4 is 14.4 Å². The Morgan fingerprint density at radius 3 is 2.28 bits per heavy atom. The van der Waals surface area contributed by atoms with Crippen LogP contribution in [-0.2, 0) is 25.7 Å². The van der Waals surface area contributed by atoms with Gasteiger partial charge in [0.15, 0.2) is 9.75 Å². The zero-order valence-electron chi connectivity index (χ0n) is 25.3. The SMILES string of the molecule is COc1cc(O)c([C@H]2C3=CC[C@@H]4C(=O)N(Cc5ccccc5)C(=O)[C@@H]4[C@@H]3C[C@@]3(Cl)C(=O)N(c4ccc(F)cc4)C(=O)[C@@]23Cl)c(OC)c1. The molecule has 9 nitrogen and oxygen atoms in total. The topological polar surface area (TPSA) is 113 Å². The highest BCUT2D eigenvalue weighted by Crippen LogP contribution is 2.67.